The largest absolute Gasteiger partial charge is 0.374 e. The van der Waals surface area contributed by atoms with Crippen LogP contribution in [-0.2, 0) is 0 Å². The highest BCUT2D eigenvalue weighted by atomic mass is 79.9. The minimum absolute atomic E-state index is 0.0258. The van der Waals surface area contributed by atoms with Gasteiger partial charge in [0.1, 0.15) is 11.9 Å². The molecule has 1 fully saturated rings. The molecular formula is C11H15BrN4O2. The predicted octanol–water partition coefficient (Wildman–Crippen LogP) is 2.43. The molecule has 0 aromatic carbocycles. The lowest BCUT2D eigenvalue weighted by molar-refractivity contribution is -0.384. The average molecular weight is 315 g/mol. The van der Waals surface area contributed by atoms with Crippen molar-refractivity contribution in [3.63, 3.8) is 0 Å². The zero-order valence-corrected chi connectivity index (χ0v) is 11.4. The van der Waals surface area contributed by atoms with Crippen LogP contribution in [0.25, 0.3) is 0 Å². The van der Waals surface area contributed by atoms with Gasteiger partial charge in [-0.2, -0.15) is 0 Å². The molecule has 0 saturated heterocycles. The second kappa shape index (κ2) is 5.62. The Morgan fingerprint density at radius 2 is 2.17 bits per heavy atom. The molecule has 1 aromatic rings. The number of anilines is 1. The summed E-state index contributed by atoms with van der Waals surface area (Å²) in [6, 6.07) is 0.120. The number of hydrogen-bond acceptors (Lipinski definition) is 5. The number of nitrogens with two attached hydrogens (primary N) is 1. The first-order chi connectivity index (χ1) is 8.59. The molecule has 0 radical (unpaired) electrons. The monoisotopic (exact) mass is 314 g/mol. The Hall–Kier alpha value is -1.21. The van der Waals surface area contributed by atoms with Gasteiger partial charge in [0.2, 0.25) is 0 Å². The smallest absolute Gasteiger partial charge is 0.311 e. The molecule has 1 heterocycles. The Kier molecular flexibility index (Phi) is 4.13. The predicted molar refractivity (Wildman–Crippen MR) is 72.4 cm³/mol. The molecule has 1 saturated carbocycles. The number of nitrogens with zero attached hydrogens (tertiary/aromatic N) is 2. The maximum Gasteiger partial charge on any atom is 0.311 e. The molecule has 7 heteroatoms. The van der Waals surface area contributed by atoms with E-state index in [1.807, 2.05) is 0 Å². The lowest BCUT2D eigenvalue weighted by Gasteiger charge is -2.30. The van der Waals surface area contributed by atoms with Gasteiger partial charge < -0.3 is 11.1 Å². The van der Waals surface area contributed by atoms with E-state index < -0.39 is 4.92 Å². The molecule has 1 aliphatic carbocycles. The van der Waals surface area contributed by atoms with Crippen LogP contribution >= 0.6 is 15.9 Å². The molecule has 3 N–H and O–H groups in total. The van der Waals surface area contributed by atoms with E-state index in [9.17, 15) is 10.1 Å². The van der Waals surface area contributed by atoms with Crippen molar-refractivity contribution in [1.82, 2.24) is 4.98 Å². The van der Waals surface area contributed by atoms with Crippen molar-refractivity contribution in [3.8, 4) is 0 Å². The summed E-state index contributed by atoms with van der Waals surface area (Å²) in [6.45, 7) is 0. The fourth-order valence-electron chi connectivity index (χ4n) is 2.23. The van der Waals surface area contributed by atoms with Crippen LogP contribution in [0.1, 0.15) is 25.7 Å². The highest BCUT2D eigenvalue weighted by Crippen LogP contribution is 2.33. The summed E-state index contributed by atoms with van der Waals surface area (Å²) in [7, 11) is 0. The molecule has 18 heavy (non-hydrogen) atoms. The van der Waals surface area contributed by atoms with Gasteiger partial charge in [-0.3, -0.25) is 15.1 Å². The first-order valence-corrected chi connectivity index (χ1v) is 6.69. The van der Waals surface area contributed by atoms with Gasteiger partial charge in [0.05, 0.1) is 9.40 Å². The second-order valence-electron chi connectivity index (χ2n) is 4.47. The minimum Gasteiger partial charge on any atom is -0.374 e. The Morgan fingerprint density at radius 3 is 2.83 bits per heavy atom. The molecule has 2 atom stereocenters. The van der Waals surface area contributed by atoms with E-state index >= 15 is 0 Å². The van der Waals surface area contributed by atoms with Gasteiger partial charge in [-0.25, -0.2) is 0 Å². The number of hydrogen-bond donors (Lipinski definition) is 2. The topological polar surface area (TPSA) is 94.1 Å². The van der Waals surface area contributed by atoms with Crippen LogP contribution in [0.2, 0.25) is 0 Å². The standard InChI is InChI=1S/C11H15BrN4O2/c12-7-5-14-6-10(16(17)18)11(7)15-9-4-2-1-3-8(9)13/h5-6,8-9H,1-4,13H2,(H,14,15)/t8-,9-/m1/s1. The summed E-state index contributed by atoms with van der Waals surface area (Å²) in [5.41, 5.74) is 6.48. The van der Waals surface area contributed by atoms with E-state index in [0.29, 0.717) is 10.2 Å². The summed E-state index contributed by atoms with van der Waals surface area (Å²) in [4.78, 5) is 14.4. The van der Waals surface area contributed by atoms with E-state index in [0.717, 1.165) is 25.7 Å². The van der Waals surface area contributed by atoms with Crippen LogP contribution in [0, 0.1) is 10.1 Å². The Balaban J connectivity index is 2.24. The fourth-order valence-corrected chi connectivity index (χ4v) is 2.67. The number of halogens is 1. The maximum absolute atomic E-state index is 11.0. The molecule has 6 nitrogen and oxygen atoms in total. The minimum atomic E-state index is -0.436. The summed E-state index contributed by atoms with van der Waals surface area (Å²) >= 11 is 3.29. The molecule has 98 valence electrons. The molecule has 1 aromatic heterocycles. The third-order valence-corrected chi connectivity index (χ3v) is 3.83. The maximum atomic E-state index is 11.0. The molecule has 0 spiro atoms. The highest BCUT2D eigenvalue weighted by Gasteiger charge is 2.26. The van der Waals surface area contributed by atoms with Crippen LogP contribution in [-0.4, -0.2) is 22.0 Å². The van der Waals surface area contributed by atoms with Crippen molar-refractivity contribution in [2.75, 3.05) is 5.32 Å². The second-order valence-corrected chi connectivity index (χ2v) is 5.33. The molecule has 0 aliphatic heterocycles. The average Bonchev–Trinajstić information content (AvgIpc) is 2.34. The van der Waals surface area contributed by atoms with Gasteiger partial charge in [-0.1, -0.05) is 12.8 Å². The van der Waals surface area contributed by atoms with E-state index in [4.69, 9.17) is 5.73 Å². The number of pyridine rings is 1. The Bertz CT molecular complexity index is 455. The zero-order chi connectivity index (χ0) is 13.1. The third kappa shape index (κ3) is 2.78. The number of nitro groups is 1. The molecule has 2 rings (SSSR count). The molecule has 0 amide bonds. The van der Waals surface area contributed by atoms with Crippen molar-refractivity contribution >= 4 is 27.3 Å². The first kappa shape index (κ1) is 13.2. The van der Waals surface area contributed by atoms with Crippen molar-refractivity contribution in [3.05, 3.63) is 27.0 Å². The molecule has 1 aliphatic rings. The van der Waals surface area contributed by atoms with Gasteiger partial charge in [-0.05, 0) is 28.8 Å². The van der Waals surface area contributed by atoms with Crippen molar-refractivity contribution < 1.29 is 4.92 Å². The van der Waals surface area contributed by atoms with E-state index in [2.05, 4.69) is 26.2 Å². The van der Waals surface area contributed by atoms with E-state index in [1.165, 1.54) is 6.20 Å². The van der Waals surface area contributed by atoms with Gasteiger partial charge in [-0.15, -0.1) is 0 Å². The van der Waals surface area contributed by atoms with Gasteiger partial charge in [0.15, 0.2) is 0 Å². The van der Waals surface area contributed by atoms with Crippen LogP contribution in [0.3, 0.4) is 0 Å². The van der Waals surface area contributed by atoms with Crippen LogP contribution in [0.4, 0.5) is 11.4 Å². The van der Waals surface area contributed by atoms with Gasteiger partial charge >= 0.3 is 5.69 Å². The summed E-state index contributed by atoms with van der Waals surface area (Å²) in [5.74, 6) is 0. The van der Waals surface area contributed by atoms with Crippen molar-refractivity contribution in [2.45, 2.75) is 37.8 Å². The fraction of sp³-hybridized carbons (Fsp3) is 0.545. The summed E-state index contributed by atoms with van der Waals surface area (Å²) in [5, 5.41) is 14.2. The zero-order valence-electron chi connectivity index (χ0n) is 9.80. The summed E-state index contributed by atoms with van der Waals surface area (Å²) in [6.07, 6.45) is 6.91. The lowest BCUT2D eigenvalue weighted by atomic mass is 9.91. The lowest BCUT2D eigenvalue weighted by Crippen LogP contribution is -2.42. The van der Waals surface area contributed by atoms with Gasteiger partial charge in [0, 0.05) is 18.3 Å². The molecular weight excluding hydrogens is 300 g/mol. The molecule has 0 bridgehead atoms. The number of aromatic nitrogens is 1. The van der Waals surface area contributed by atoms with E-state index in [1.54, 1.807) is 6.20 Å². The van der Waals surface area contributed by atoms with Crippen molar-refractivity contribution in [2.24, 2.45) is 5.73 Å². The third-order valence-electron chi connectivity index (χ3n) is 3.23. The van der Waals surface area contributed by atoms with Crippen LogP contribution < -0.4 is 11.1 Å². The Morgan fingerprint density at radius 1 is 1.44 bits per heavy atom. The SMILES string of the molecule is N[C@@H]1CCCC[C@H]1Nc1c(Br)cncc1[N+](=O)[O-]. The Labute approximate surface area is 113 Å². The number of nitrogens with one attached hydrogen (secondary N) is 1. The van der Waals surface area contributed by atoms with Crippen LogP contribution in [0.15, 0.2) is 16.9 Å². The number of rotatable bonds is 3. The first-order valence-electron chi connectivity index (χ1n) is 5.89. The van der Waals surface area contributed by atoms with E-state index in [-0.39, 0.29) is 17.8 Å². The van der Waals surface area contributed by atoms with Gasteiger partial charge in [0.25, 0.3) is 0 Å². The van der Waals surface area contributed by atoms with Crippen LogP contribution in [0.5, 0.6) is 0 Å². The quantitative estimate of drug-likeness (QED) is 0.660. The molecule has 0 unspecified atom stereocenters. The summed E-state index contributed by atoms with van der Waals surface area (Å²) < 4.78 is 0.592. The van der Waals surface area contributed by atoms with Crippen molar-refractivity contribution in [1.29, 1.82) is 0 Å². The highest BCUT2D eigenvalue weighted by molar-refractivity contribution is 9.10. The normalized spacial score (nSPS) is 23.7.